The van der Waals surface area contributed by atoms with Crippen molar-refractivity contribution in [3.05, 3.63) is 106 Å². The Bertz CT molecular complexity index is 1190. The Morgan fingerprint density at radius 3 is 2.26 bits per heavy atom. The van der Waals surface area contributed by atoms with Gasteiger partial charge in [-0.1, -0.05) is 72.3 Å². The number of halogens is 2. The Kier molecular flexibility index (Phi) is 7.23. The predicted molar refractivity (Wildman–Crippen MR) is 137 cm³/mol. The van der Waals surface area contributed by atoms with Crippen LogP contribution in [0.1, 0.15) is 29.2 Å². The van der Waals surface area contributed by atoms with Crippen molar-refractivity contribution in [2.75, 3.05) is 32.7 Å². The first-order chi connectivity index (χ1) is 17.1. The minimum absolute atomic E-state index is 0.0761. The molecule has 0 aliphatic carbocycles. The lowest BCUT2D eigenvalue weighted by Gasteiger charge is -2.35. The van der Waals surface area contributed by atoms with Crippen LogP contribution in [0.2, 0.25) is 5.02 Å². The van der Waals surface area contributed by atoms with Gasteiger partial charge in [-0.3, -0.25) is 14.6 Å². The summed E-state index contributed by atoms with van der Waals surface area (Å²) >= 11 is 6.08. The predicted octanol–water partition coefficient (Wildman–Crippen LogP) is 4.97. The van der Waals surface area contributed by atoms with E-state index in [0.29, 0.717) is 22.7 Å². The zero-order chi connectivity index (χ0) is 24.2. The van der Waals surface area contributed by atoms with Crippen LogP contribution < -0.4 is 0 Å². The van der Waals surface area contributed by atoms with Gasteiger partial charge in [-0.2, -0.15) is 5.10 Å². The van der Waals surface area contributed by atoms with E-state index >= 15 is 0 Å². The lowest BCUT2D eigenvalue weighted by Crippen LogP contribution is -2.49. The van der Waals surface area contributed by atoms with Gasteiger partial charge in [0.05, 0.1) is 18.3 Å². The number of piperazine rings is 1. The average Bonchev–Trinajstić information content (AvgIpc) is 3.32. The number of hydrazone groups is 1. The molecule has 3 aromatic carbocycles. The highest BCUT2D eigenvalue weighted by Gasteiger charge is 2.34. The van der Waals surface area contributed by atoms with E-state index < -0.39 is 0 Å². The number of hydrogen-bond acceptors (Lipinski definition) is 4. The number of nitrogens with zero attached hydrogens (tertiary/aromatic N) is 4. The normalized spacial score (nSPS) is 19.1. The van der Waals surface area contributed by atoms with Gasteiger partial charge in [0.2, 0.25) is 0 Å². The number of carbonyl (C=O) groups is 1. The smallest absolute Gasteiger partial charge is 0.257 e. The fraction of sp³-hybridized carbons (Fsp3) is 0.286. The minimum Gasteiger partial charge on any atom is -0.297 e. The number of carbonyl (C=O) groups excluding carboxylic acids is 1. The van der Waals surface area contributed by atoms with E-state index in [1.807, 2.05) is 30.3 Å². The Balaban J connectivity index is 1.28. The van der Waals surface area contributed by atoms with Crippen LogP contribution in [0.4, 0.5) is 4.39 Å². The molecule has 180 valence electrons. The van der Waals surface area contributed by atoms with Crippen LogP contribution in [0.15, 0.2) is 84.0 Å². The lowest BCUT2D eigenvalue weighted by molar-refractivity contribution is -0.134. The fourth-order valence-electron chi connectivity index (χ4n) is 4.75. The molecule has 5 rings (SSSR count). The molecule has 0 spiro atoms. The van der Waals surface area contributed by atoms with E-state index in [1.54, 1.807) is 23.2 Å². The molecule has 1 fully saturated rings. The summed E-state index contributed by atoms with van der Waals surface area (Å²) in [4.78, 5) is 18.0. The Morgan fingerprint density at radius 2 is 1.54 bits per heavy atom. The Morgan fingerprint density at radius 1 is 0.886 bits per heavy atom. The molecular formula is C28H28ClFN4O. The van der Waals surface area contributed by atoms with Crippen LogP contribution in [-0.2, 0) is 11.3 Å². The van der Waals surface area contributed by atoms with Gasteiger partial charge in [-0.15, -0.1) is 0 Å². The van der Waals surface area contributed by atoms with Crippen LogP contribution in [-0.4, -0.2) is 59.2 Å². The molecule has 7 heteroatoms. The van der Waals surface area contributed by atoms with Crippen LogP contribution in [0.5, 0.6) is 0 Å². The van der Waals surface area contributed by atoms with Crippen molar-refractivity contribution in [3.63, 3.8) is 0 Å². The van der Waals surface area contributed by atoms with Crippen molar-refractivity contribution in [2.24, 2.45) is 5.10 Å². The average molecular weight is 491 g/mol. The SMILES string of the molecule is O=C(CN1CCN(Cc2ccccc2)CC1)N1N=C(c2ccccc2F)CC1c1ccc(Cl)cc1. The Hall–Kier alpha value is -3.06. The van der Waals surface area contributed by atoms with Crippen molar-refractivity contribution < 1.29 is 9.18 Å². The van der Waals surface area contributed by atoms with Gasteiger partial charge in [0.1, 0.15) is 5.82 Å². The molecule has 0 radical (unpaired) electrons. The van der Waals surface area contributed by atoms with Crippen molar-refractivity contribution in [1.82, 2.24) is 14.8 Å². The molecule has 0 saturated carbocycles. The first-order valence-electron chi connectivity index (χ1n) is 12.0. The summed E-state index contributed by atoms with van der Waals surface area (Å²) in [6, 6.07) is 24.2. The third kappa shape index (κ3) is 5.61. The quantitative estimate of drug-likeness (QED) is 0.489. The fourth-order valence-corrected chi connectivity index (χ4v) is 4.88. The van der Waals surface area contributed by atoms with Crippen LogP contribution in [0, 0.1) is 5.82 Å². The van der Waals surface area contributed by atoms with Crippen molar-refractivity contribution in [1.29, 1.82) is 0 Å². The second-order valence-corrected chi connectivity index (χ2v) is 9.51. The summed E-state index contributed by atoms with van der Waals surface area (Å²) in [6.45, 7) is 4.67. The summed E-state index contributed by atoms with van der Waals surface area (Å²) in [5.74, 6) is -0.405. The highest BCUT2D eigenvalue weighted by atomic mass is 35.5. The van der Waals surface area contributed by atoms with Gasteiger partial charge >= 0.3 is 0 Å². The van der Waals surface area contributed by atoms with Gasteiger partial charge in [-0.25, -0.2) is 9.40 Å². The molecular weight excluding hydrogens is 463 g/mol. The molecule has 0 N–H and O–H groups in total. The summed E-state index contributed by atoms with van der Waals surface area (Å²) in [5, 5.41) is 6.80. The minimum atomic E-state index is -0.329. The maximum atomic E-state index is 14.5. The Labute approximate surface area is 210 Å². The first-order valence-corrected chi connectivity index (χ1v) is 12.3. The van der Waals surface area contributed by atoms with E-state index in [4.69, 9.17) is 11.6 Å². The topological polar surface area (TPSA) is 39.2 Å². The molecule has 5 nitrogen and oxygen atoms in total. The summed E-state index contributed by atoms with van der Waals surface area (Å²) < 4.78 is 14.5. The molecule has 0 bridgehead atoms. The maximum Gasteiger partial charge on any atom is 0.257 e. The van der Waals surface area contributed by atoms with Gasteiger partial charge in [0.25, 0.3) is 5.91 Å². The number of amides is 1. The van der Waals surface area contributed by atoms with Crippen molar-refractivity contribution >= 4 is 23.2 Å². The monoisotopic (exact) mass is 490 g/mol. The third-order valence-corrected chi connectivity index (χ3v) is 6.93. The standard InChI is InChI=1S/C28H28ClFN4O/c29-23-12-10-22(11-13-23)27-18-26(24-8-4-5-9-25(24)30)31-34(27)28(35)20-33-16-14-32(15-17-33)19-21-6-2-1-3-7-21/h1-13,27H,14-20H2. The highest BCUT2D eigenvalue weighted by Crippen LogP contribution is 2.34. The van der Waals surface area contributed by atoms with E-state index in [1.165, 1.54) is 11.6 Å². The lowest BCUT2D eigenvalue weighted by atomic mass is 9.98. The maximum absolute atomic E-state index is 14.5. The molecule has 35 heavy (non-hydrogen) atoms. The molecule has 2 aliphatic heterocycles. The molecule has 3 aromatic rings. The second-order valence-electron chi connectivity index (χ2n) is 9.07. The summed E-state index contributed by atoms with van der Waals surface area (Å²) in [7, 11) is 0. The van der Waals surface area contributed by atoms with Gasteiger partial charge in [0, 0.05) is 49.7 Å². The molecule has 1 amide bonds. The van der Waals surface area contributed by atoms with Gasteiger partial charge in [0.15, 0.2) is 0 Å². The van der Waals surface area contributed by atoms with E-state index in [2.05, 4.69) is 39.2 Å². The van der Waals surface area contributed by atoms with Gasteiger partial charge in [-0.05, 0) is 29.3 Å². The van der Waals surface area contributed by atoms with E-state index in [-0.39, 0.29) is 24.3 Å². The number of rotatable bonds is 6. The van der Waals surface area contributed by atoms with Crippen LogP contribution in [0.3, 0.4) is 0 Å². The number of hydrogen-bond donors (Lipinski definition) is 0. The summed E-state index contributed by atoms with van der Waals surface area (Å²) in [6.07, 6.45) is 0.457. The molecule has 2 heterocycles. The largest absolute Gasteiger partial charge is 0.297 e. The second kappa shape index (κ2) is 10.7. The third-order valence-electron chi connectivity index (χ3n) is 6.68. The molecule has 1 saturated heterocycles. The zero-order valence-corrected chi connectivity index (χ0v) is 20.2. The molecule has 2 aliphatic rings. The van der Waals surface area contributed by atoms with Crippen molar-refractivity contribution in [3.8, 4) is 0 Å². The van der Waals surface area contributed by atoms with E-state index in [9.17, 15) is 9.18 Å². The summed E-state index contributed by atoms with van der Waals surface area (Å²) in [5.41, 5.74) is 3.26. The van der Waals surface area contributed by atoms with E-state index in [0.717, 1.165) is 38.3 Å². The first kappa shape index (κ1) is 23.7. The molecule has 1 unspecified atom stereocenters. The zero-order valence-electron chi connectivity index (χ0n) is 19.5. The molecule has 0 aromatic heterocycles. The van der Waals surface area contributed by atoms with Crippen LogP contribution >= 0.6 is 11.6 Å². The highest BCUT2D eigenvalue weighted by molar-refractivity contribution is 6.30. The number of benzene rings is 3. The van der Waals surface area contributed by atoms with Crippen LogP contribution in [0.25, 0.3) is 0 Å². The molecule has 1 atom stereocenters. The van der Waals surface area contributed by atoms with Gasteiger partial charge < -0.3 is 0 Å². The van der Waals surface area contributed by atoms with Crippen molar-refractivity contribution in [2.45, 2.75) is 19.0 Å².